The summed E-state index contributed by atoms with van der Waals surface area (Å²) in [7, 11) is 1.60. The van der Waals surface area contributed by atoms with Crippen LogP contribution in [0.3, 0.4) is 0 Å². The third-order valence-electron chi connectivity index (χ3n) is 3.70. The van der Waals surface area contributed by atoms with E-state index in [0.29, 0.717) is 34.7 Å². The van der Waals surface area contributed by atoms with Crippen LogP contribution in [-0.4, -0.2) is 19.6 Å². The molecule has 0 aliphatic carbocycles. The van der Waals surface area contributed by atoms with Crippen LogP contribution < -0.4 is 14.8 Å². The molecule has 4 nitrogen and oxygen atoms in total. The summed E-state index contributed by atoms with van der Waals surface area (Å²) in [4.78, 5) is 12.1. The number of hydrogen-bond acceptors (Lipinski definition) is 3. The quantitative estimate of drug-likeness (QED) is 0.628. The third kappa shape index (κ3) is 6.12. The maximum atomic E-state index is 12.1. The minimum atomic E-state index is -0.255. The summed E-state index contributed by atoms with van der Waals surface area (Å²) >= 11 is 6.03. The second kappa shape index (κ2) is 9.88. The number of nitrogens with one attached hydrogen (secondary N) is 1. The van der Waals surface area contributed by atoms with Gasteiger partial charge in [0.05, 0.1) is 24.4 Å². The smallest absolute Gasteiger partial charge is 0.248 e. The summed E-state index contributed by atoms with van der Waals surface area (Å²) < 4.78 is 11.2. The Bertz CT molecular complexity index is 772. The van der Waals surface area contributed by atoms with E-state index < -0.39 is 0 Å². The Kier molecular flexibility index (Phi) is 7.54. The first kappa shape index (κ1) is 19.9. The zero-order valence-electron chi connectivity index (χ0n) is 15.3. The van der Waals surface area contributed by atoms with Gasteiger partial charge in [0.15, 0.2) is 11.5 Å². The molecule has 26 heavy (non-hydrogen) atoms. The van der Waals surface area contributed by atoms with E-state index in [9.17, 15) is 4.79 Å². The lowest BCUT2D eigenvalue weighted by molar-refractivity contribution is -0.111. The van der Waals surface area contributed by atoms with Crippen molar-refractivity contribution in [2.24, 2.45) is 5.92 Å². The summed E-state index contributed by atoms with van der Waals surface area (Å²) in [5, 5.41) is 3.24. The minimum Gasteiger partial charge on any atom is -0.493 e. The van der Waals surface area contributed by atoms with Crippen molar-refractivity contribution in [1.82, 2.24) is 0 Å². The monoisotopic (exact) mass is 373 g/mol. The number of carbonyl (C=O) groups is 1. The van der Waals surface area contributed by atoms with Crippen molar-refractivity contribution < 1.29 is 14.3 Å². The number of halogens is 1. The van der Waals surface area contributed by atoms with Gasteiger partial charge in [0, 0.05) is 6.08 Å². The van der Waals surface area contributed by atoms with Gasteiger partial charge in [-0.15, -0.1) is 0 Å². The van der Waals surface area contributed by atoms with Gasteiger partial charge in [0.25, 0.3) is 0 Å². The van der Waals surface area contributed by atoms with Crippen LogP contribution in [0.1, 0.15) is 25.8 Å². The highest BCUT2D eigenvalue weighted by atomic mass is 35.5. The van der Waals surface area contributed by atoms with Gasteiger partial charge in [0.1, 0.15) is 0 Å². The standard InChI is InChI=1S/C21H24ClNO3/c1-15(2)12-13-26-19-10-8-16(14-20(19)25-3)9-11-21(24)23-18-7-5-4-6-17(18)22/h4-11,14-15H,12-13H2,1-3H3,(H,23,24)/b11-9+. The average molecular weight is 374 g/mol. The summed E-state index contributed by atoms with van der Waals surface area (Å²) in [6.45, 7) is 4.95. The van der Waals surface area contributed by atoms with Gasteiger partial charge in [-0.25, -0.2) is 0 Å². The lowest BCUT2D eigenvalue weighted by Gasteiger charge is -2.12. The normalized spacial score (nSPS) is 11.0. The lowest BCUT2D eigenvalue weighted by Crippen LogP contribution is -2.07. The minimum absolute atomic E-state index is 0.255. The van der Waals surface area contributed by atoms with Crippen molar-refractivity contribution in [2.45, 2.75) is 20.3 Å². The van der Waals surface area contributed by atoms with E-state index in [4.69, 9.17) is 21.1 Å². The Morgan fingerprint density at radius 3 is 2.65 bits per heavy atom. The van der Waals surface area contributed by atoms with E-state index in [1.54, 1.807) is 25.3 Å². The van der Waals surface area contributed by atoms with E-state index in [0.717, 1.165) is 12.0 Å². The van der Waals surface area contributed by atoms with Gasteiger partial charge < -0.3 is 14.8 Å². The molecule has 2 aromatic rings. The molecule has 138 valence electrons. The summed E-state index contributed by atoms with van der Waals surface area (Å²) in [5.41, 5.74) is 1.42. The fourth-order valence-electron chi connectivity index (χ4n) is 2.22. The number of hydrogen-bond donors (Lipinski definition) is 1. The van der Waals surface area contributed by atoms with Gasteiger partial charge >= 0.3 is 0 Å². The number of para-hydroxylation sites is 1. The molecule has 1 N–H and O–H groups in total. The van der Waals surface area contributed by atoms with E-state index in [-0.39, 0.29) is 5.91 Å². The van der Waals surface area contributed by atoms with Gasteiger partial charge in [-0.3, -0.25) is 4.79 Å². The number of amides is 1. The van der Waals surface area contributed by atoms with Crippen LogP contribution in [0.4, 0.5) is 5.69 Å². The summed E-state index contributed by atoms with van der Waals surface area (Å²) in [5.74, 6) is 1.67. The van der Waals surface area contributed by atoms with Gasteiger partial charge in [-0.2, -0.15) is 0 Å². The molecule has 0 spiro atoms. The van der Waals surface area contributed by atoms with Gasteiger partial charge in [0.2, 0.25) is 5.91 Å². The van der Waals surface area contributed by atoms with E-state index in [1.807, 2.05) is 30.3 Å². The Morgan fingerprint density at radius 1 is 1.19 bits per heavy atom. The molecule has 0 saturated heterocycles. The van der Waals surface area contributed by atoms with Crippen molar-refractivity contribution in [3.63, 3.8) is 0 Å². The number of rotatable bonds is 8. The average Bonchev–Trinajstić information content (AvgIpc) is 2.62. The third-order valence-corrected chi connectivity index (χ3v) is 4.03. The molecule has 1 amide bonds. The fourth-order valence-corrected chi connectivity index (χ4v) is 2.40. The molecule has 0 radical (unpaired) electrons. The largest absolute Gasteiger partial charge is 0.493 e. The first-order valence-corrected chi connectivity index (χ1v) is 8.92. The maximum absolute atomic E-state index is 12.1. The zero-order valence-corrected chi connectivity index (χ0v) is 16.0. The topological polar surface area (TPSA) is 47.6 Å². The van der Waals surface area contributed by atoms with E-state index in [1.165, 1.54) is 6.08 Å². The van der Waals surface area contributed by atoms with Gasteiger partial charge in [-0.05, 0) is 48.2 Å². The van der Waals surface area contributed by atoms with Crippen LogP contribution in [0, 0.1) is 5.92 Å². The first-order chi connectivity index (χ1) is 12.5. The molecule has 0 unspecified atom stereocenters. The number of ether oxygens (including phenoxy) is 2. The fraction of sp³-hybridized carbons (Fsp3) is 0.286. The second-order valence-corrected chi connectivity index (χ2v) is 6.65. The zero-order chi connectivity index (χ0) is 18.9. The molecule has 0 bridgehead atoms. The number of methoxy groups -OCH3 is 1. The van der Waals surface area contributed by atoms with Crippen LogP contribution in [0.25, 0.3) is 6.08 Å². The number of benzene rings is 2. The van der Waals surface area contributed by atoms with Crippen LogP contribution in [0.15, 0.2) is 48.5 Å². The van der Waals surface area contributed by atoms with Crippen molar-refractivity contribution in [1.29, 1.82) is 0 Å². The van der Waals surface area contributed by atoms with Crippen molar-refractivity contribution in [2.75, 3.05) is 19.0 Å². The molecule has 0 heterocycles. The number of carbonyl (C=O) groups excluding carboxylic acids is 1. The molecule has 0 atom stereocenters. The predicted octanol–water partition coefficient (Wildman–Crippen LogP) is 5.43. The molecular formula is C21H24ClNO3. The van der Waals surface area contributed by atoms with Gasteiger partial charge in [-0.1, -0.05) is 43.6 Å². The van der Waals surface area contributed by atoms with Crippen LogP contribution in [0.5, 0.6) is 11.5 Å². The van der Waals surface area contributed by atoms with Crippen LogP contribution >= 0.6 is 11.6 Å². The summed E-state index contributed by atoms with van der Waals surface area (Å²) in [6.07, 6.45) is 4.15. The highest BCUT2D eigenvalue weighted by Crippen LogP contribution is 2.29. The molecule has 5 heteroatoms. The predicted molar refractivity (Wildman–Crippen MR) is 107 cm³/mol. The van der Waals surface area contributed by atoms with Crippen molar-refractivity contribution in [3.05, 3.63) is 59.1 Å². The molecule has 0 saturated carbocycles. The van der Waals surface area contributed by atoms with Crippen molar-refractivity contribution in [3.8, 4) is 11.5 Å². The number of anilines is 1. The Morgan fingerprint density at radius 2 is 1.96 bits per heavy atom. The van der Waals surface area contributed by atoms with Crippen LogP contribution in [0.2, 0.25) is 5.02 Å². The van der Waals surface area contributed by atoms with Crippen LogP contribution in [-0.2, 0) is 4.79 Å². The Balaban J connectivity index is 2.01. The molecule has 2 rings (SSSR count). The van der Waals surface area contributed by atoms with E-state index in [2.05, 4.69) is 19.2 Å². The lowest BCUT2D eigenvalue weighted by atomic mass is 10.1. The molecule has 0 aliphatic heterocycles. The molecule has 0 aromatic heterocycles. The maximum Gasteiger partial charge on any atom is 0.248 e. The molecule has 0 fully saturated rings. The Hall–Kier alpha value is -2.46. The highest BCUT2D eigenvalue weighted by molar-refractivity contribution is 6.33. The molecule has 0 aliphatic rings. The second-order valence-electron chi connectivity index (χ2n) is 6.24. The molecule has 2 aromatic carbocycles. The van der Waals surface area contributed by atoms with E-state index >= 15 is 0 Å². The highest BCUT2D eigenvalue weighted by Gasteiger charge is 2.06. The summed E-state index contributed by atoms with van der Waals surface area (Å²) in [6, 6.07) is 12.7. The Labute approximate surface area is 159 Å². The van der Waals surface area contributed by atoms with Crippen molar-refractivity contribution >= 4 is 29.3 Å². The SMILES string of the molecule is COc1cc(/C=C/C(=O)Nc2ccccc2Cl)ccc1OCCC(C)C. The first-order valence-electron chi connectivity index (χ1n) is 8.54. The molecular weight excluding hydrogens is 350 g/mol.